The molecule has 0 radical (unpaired) electrons. The second-order valence-corrected chi connectivity index (χ2v) is 9.93. The van der Waals surface area contributed by atoms with Crippen molar-refractivity contribution in [2.24, 2.45) is 0 Å². The molecule has 8 heteroatoms. The van der Waals surface area contributed by atoms with Crippen molar-refractivity contribution in [1.29, 1.82) is 0 Å². The fraction of sp³-hybridized carbons (Fsp3) is 0.375. The van der Waals surface area contributed by atoms with Gasteiger partial charge in [-0.2, -0.15) is 0 Å². The van der Waals surface area contributed by atoms with Crippen LogP contribution in [0.1, 0.15) is 35.4 Å². The quantitative estimate of drug-likeness (QED) is 0.496. The standard InChI is InChI=1S/C24H28N4O2S2/c29-22(13-19-17-32-24(26-19)27-23(30)14-21-10-6-12-31-21)25-15-20-9-4-5-11-28(20)16-18-7-2-1-3-8-18/h1-3,6-8,10,12,17,20H,4-5,9,11,13-16H2,(H,25,29)(H,26,27,30). The summed E-state index contributed by atoms with van der Waals surface area (Å²) in [6, 6.07) is 14.7. The van der Waals surface area contributed by atoms with Crippen LogP contribution in [0.25, 0.3) is 0 Å². The molecule has 32 heavy (non-hydrogen) atoms. The Morgan fingerprint density at radius 3 is 2.72 bits per heavy atom. The van der Waals surface area contributed by atoms with E-state index in [0.29, 0.717) is 29.8 Å². The smallest absolute Gasteiger partial charge is 0.231 e. The zero-order valence-corrected chi connectivity index (χ0v) is 19.6. The van der Waals surface area contributed by atoms with E-state index in [2.05, 4.69) is 44.8 Å². The molecule has 1 saturated heterocycles. The second kappa shape index (κ2) is 11.4. The monoisotopic (exact) mass is 468 g/mol. The Kier molecular flexibility index (Phi) is 8.03. The number of benzene rings is 1. The number of likely N-dealkylation sites (tertiary alicyclic amines) is 1. The Morgan fingerprint density at radius 1 is 1.03 bits per heavy atom. The Balaban J connectivity index is 1.23. The number of aromatic nitrogens is 1. The number of amides is 2. The first-order valence-electron chi connectivity index (χ1n) is 11.0. The van der Waals surface area contributed by atoms with Gasteiger partial charge in [-0.25, -0.2) is 4.98 Å². The van der Waals surface area contributed by atoms with Crippen LogP contribution in [0.5, 0.6) is 0 Å². The maximum Gasteiger partial charge on any atom is 0.231 e. The van der Waals surface area contributed by atoms with E-state index >= 15 is 0 Å². The van der Waals surface area contributed by atoms with E-state index in [-0.39, 0.29) is 18.2 Å². The fourth-order valence-electron chi connectivity index (χ4n) is 3.96. The molecule has 0 bridgehead atoms. The molecule has 168 valence electrons. The van der Waals surface area contributed by atoms with Crippen LogP contribution in [0.4, 0.5) is 5.13 Å². The minimum atomic E-state index is -0.0893. The van der Waals surface area contributed by atoms with E-state index in [1.165, 1.54) is 29.7 Å². The van der Waals surface area contributed by atoms with Gasteiger partial charge < -0.3 is 10.6 Å². The lowest BCUT2D eigenvalue weighted by molar-refractivity contribution is -0.120. The van der Waals surface area contributed by atoms with Gasteiger partial charge in [0, 0.05) is 29.4 Å². The van der Waals surface area contributed by atoms with Crippen LogP contribution in [-0.4, -0.2) is 40.8 Å². The summed E-state index contributed by atoms with van der Waals surface area (Å²) in [7, 11) is 0. The minimum Gasteiger partial charge on any atom is -0.354 e. The number of piperidine rings is 1. The number of hydrogen-bond acceptors (Lipinski definition) is 6. The molecule has 4 rings (SSSR count). The normalized spacial score (nSPS) is 16.6. The molecule has 1 aliphatic heterocycles. The summed E-state index contributed by atoms with van der Waals surface area (Å²) in [5.74, 6) is -0.120. The van der Waals surface area contributed by atoms with Gasteiger partial charge in [0.2, 0.25) is 11.8 Å². The van der Waals surface area contributed by atoms with Gasteiger partial charge in [0.1, 0.15) is 0 Å². The highest BCUT2D eigenvalue weighted by molar-refractivity contribution is 7.14. The highest BCUT2D eigenvalue weighted by atomic mass is 32.1. The summed E-state index contributed by atoms with van der Waals surface area (Å²) in [6.07, 6.45) is 4.07. The lowest BCUT2D eigenvalue weighted by atomic mass is 10.0. The number of hydrogen-bond donors (Lipinski definition) is 2. The van der Waals surface area contributed by atoms with Crippen LogP contribution >= 0.6 is 22.7 Å². The highest BCUT2D eigenvalue weighted by Gasteiger charge is 2.23. The first-order valence-corrected chi connectivity index (χ1v) is 12.7. The topological polar surface area (TPSA) is 74.3 Å². The van der Waals surface area contributed by atoms with Crippen molar-refractivity contribution < 1.29 is 9.59 Å². The number of nitrogens with one attached hydrogen (secondary N) is 2. The van der Waals surface area contributed by atoms with Crippen LogP contribution in [0.2, 0.25) is 0 Å². The summed E-state index contributed by atoms with van der Waals surface area (Å²) in [5.41, 5.74) is 1.99. The Morgan fingerprint density at radius 2 is 1.91 bits per heavy atom. The maximum atomic E-state index is 12.5. The number of rotatable bonds is 9. The van der Waals surface area contributed by atoms with Crippen LogP contribution in [0.3, 0.4) is 0 Å². The van der Waals surface area contributed by atoms with Crippen molar-refractivity contribution in [1.82, 2.24) is 15.2 Å². The van der Waals surface area contributed by atoms with Crippen LogP contribution < -0.4 is 10.6 Å². The molecule has 0 saturated carbocycles. The highest BCUT2D eigenvalue weighted by Crippen LogP contribution is 2.20. The number of carbonyl (C=O) groups excluding carboxylic acids is 2. The third-order valence-electron chi connectivity index (χ3n) is 5.57. The Hall–Kier alpha value is -2.55. The number of thiophene rings is 1. The third kappa shape index (κ3) is 6.72. The van der Waals surface area contributed by atoms with E-state index in [0.717, 1.165) is 24.4 Å². The number of thiazole rings is 1. The SMILES string of the molecule is O=C(Cc1csc(NC(=O)Cc2cccs2)n1)NCC1CCCCN1Cc1ccccc1. The van der Waals surface area contributed by atoms with Gasteiger partial charge in [0.25, 0.3) is 0 Å². The predicted octanol–water partition coefficient (Wildman–Crippen LogP) is 4.10. The van der Waals surface area contributed by atoms with Gasteiger partial charge in [0.05, 0.1) is 18.5 Å². The van der Waals surface area contributed by atoms with E-state index in [1.807, 2.05) is 29.0 Å². The van der Waals surface area contributed by atoms with Crippen LogP contribution in [0, 0.1) is 0 Å². The van der Waals surface area contributed by atoms with Gasteiger partial charge in [-0.05, 0) is 36.4 Å². The number of carbonyl (C=O) groups is 2. The first-order chi connectivity index (χ1) is 15.7. The lowest BCUT2D eigenvalue weighted by Crippen LogP contribution is -2.46. The molecular formula is C24H28N4O2S2. The molecular weight excluding hydrogens is 440 g/mol. The second-order valence-electron chi connectivity index (χ2n) is 8.03. The zero-order chi connectivity index (χ0) is 22.2. The van der Waals surface area contributed by atoms with E-state index in [4.69, 9.17) is 0 Å². The zero-order valence-electron chi connectivity index (χ0n) is 18.0. The summed E-state index contributed by atoms with van der Waals surface area (Å²) in [4.78, 5) is 32.5. The fourth-order valence-corrected chi connectivity index (χ4v) is 5.39. The van der Waals surface area contributed by atoms with Gasteiger partial charge in [-0.1, -0.05) is 42.8 Å². The lowest BCUT2D eigenvalue weighted by Gasteiger charge is -2.35. The van der Waals surface area contributed by atoms with E-state index in [9.17, 15) is 9.59 Å². The summed E-state index contributed by atoms with van der Waals surface area (Å²) >= 11 is 2.91. The van der Waals surface area contributed by atoms with Crippen LogP contribution in [0.15, 0.2) is 53.2 Å². The molecule has 1 atom stereocenters. The van der Waals surface area contributed by atoms with Crippen molar-refractivity contribution in [3.05, 3.63) is 69.4 Å². The molecule has 1 aliphatic rings. The minimum absolute atomic E-state index is 0.0306. The number of nitrogens with zero attached hydrogens (tertiary/aromatic N) is 2. The largest absolute Gasteiger partial charge is 0.354 e. The van der Waals surface area contributed by atoms with Crippen molar-refractivity contribution in [2.75, 3.05) is 18.4 Å². The predicted molar refractivity (Wildman–Crippen MR) is 130 cm³/mol. The average molecular weight is 469 g/mol. The van der Waals surface area contributed by atoms with Crippen molar-refractivity contribution in [3.63, 3.8) is 0 Å². The van der Waals surface area contributed by atoms with Gasteiger partial charge in [-0.3, -0.25) is 14.5 Å². The van der Waals surface area contributed by atoms with Crippen molar-refractivity contribution in [3.8, 4) is 0 Å². The summed E-state index contributed by atoms with van der Waals surface area (Å²) in [6.45, 7) is 2.64. The molecule has 2 amide bonds. The molecule has 3 heterocycles. The van der Waals surface area contributed by atoms with Gasteiger partial charge >= 0.3 is 0 Å². The van der Waals surface area contributed by atoms with E-state index < -0.39 is 0 Å². The molecule has 0 spiro atoms. The van der Waals surface area contributed by atoms with Gasteiger partial charge in [0.15, 0.2) is 5.13 Å². The molecule has 2 aromatic heterocycles. The molecule has 2 N–H and O–H groups in total. The molecule has 1 fully saturated rings. The number of anilines is 1. The van der Waals surface area contributed by atoms with Gasteiger partial charge in [-0.15, -0.1) is 22.7 Å². The molecule has 3 aromatic rings. The third-order valence-corrected chi connectivity index (χ3v) is 7.25. The maximum absolute atomic E-state index is 12.5. The molecule has 1 aromatic carbocycles. The molecule has 0 aliphatic carbocycles. The van der Waals surface area contributed by atoms with Crippen molar-refractivity contribution in [2.45, 2.75) is 44.7 Å². The summed E-state index contributed by atoms with van der Waals surface area (Å²) in [5, 5.41) is 10.2. The Labute approximate surface area is 196 Å². The molecule has 1 unspecified atom stereocenters. The van der Waals surface area contributed by atoms with E-state index in [1.54, 1.807) is 11.3 Å². The average Bonchev–Trinajstić information content (AvgIpc) is 3.46. The van der Waals surface area contributed by atoms with Crippen LogP contribution in [-0.2, 0) is 29.0 Å². The first kappa shape index (κ1) is 22.6. The molecule has 6 nitrogen and oxygen atoms in total. The van der Waals surface area contributed by atoms with Crippen molar-refractivity contribution >= 4 is 39.6 Å². The Bertz CT molecular complexity index is 1000. The summed E-state index contributed by atoms with van der Waals surface area (Å²) < 4.78 is 0.